The number of benzene rings is 1. The molecule has 2 aromatic rings. The van der Waals surface area contributed by atoms with Crippen LogP contribution in [0.1, 0.15) is 13.8 Å². The molecule has 0 saturated carbocycles. The van der Waals surface area contributed by atoms with Crippen LogP contribution in [0.2, 0.25) is 0 Å². The summed E-state index contributed by atoms with van der Waals surface area (Å²) in [4.78, 5) is 23.2. The van der Waals surface area contributed by atoms with Gasteiger partial charge in [-0.2, -0.15) is 0 Å². The smallest absolute Gasteiger partial charge is 0.320 e. The van der Waals surface area contributed by atoms with Crippen molar-refractivity contribution in [1.29, 1.82) is 0 Å². The number of hydrogen-bond donors (Lipinski definition) is 0. The number of anilines is 1. The minimum absolute atomic E-state index is 0.154. The first-order chi connectivity index (χ1) is 11.2. The summed E-state index contributed by atoms with van der Waals surface area (Å²) < 4.78 is 0. The lowest BCUT2D eigenvalue weighted by Gasteiger charge is -2.37. The Hall–Kier alpha value is -2.30. The van der Waals surface area contributed by atoms with E-state index in [4.69, 9.17) is 4.98 Å². The molecular weight excluding hydrogens is 288 g/mol. The second kappa shape index (κ2) is 6.86. The molecule has 5 heteroatoms. The maximum Gasteiger partial charge on any atom is 0.320 e. The van der Waals surface area contributed by atoms with Gasteiger partial charge in [0.25, 0.3) is 0 Å². The van der Waals surface area contributed by atoms with Crippen molar-refractivity contribution in [2.24, 2.45) is 0 Å². The average molecular weight is 312 g/mol. The lowest BCUT2D eigenvalue weighted by atomic mass is 10.2. The number of rotatable bonds is 3. The summed E-state index contributed by atoms with van der Waals surface area (Å²) in [6.45, 7) is 8.75. The van der Waals surface area contributed by atoms with Gasteiger partial charge in [0.05, 0.1) is 5.52 Å². The molecule has 1 saturated heterocycles. The summed E-state index contributed by atoms with van der Waals surface area (Å²) >= 11 is 0. The summed E-state index contributed by atoms with van der Waals surface area (Å²) in [6, 6.07) is 12.5. The molecule has 122 valence electrons. The van der Waals surface area contributed by atoms with E-state index in [-0.39, 0.29) is 6.03 Å². The van der Waals surface area contributed by atoms with Crippen LogP contribution in [-0.4, -0.2) is 60.1 Å². The molecule has 0 radical (unpaired) electrons. The molecule has 1 aliphatic rings. The quantitative estimate of drug-likeness (QED) is 0.875. The Morgan fingerprint density at radius 3 is 2.43 bits per heavy atom. The van der Waals surface area contributed by atoms with Crippen molar-refractivity contribution in [3.05, 3.63) is 36.4 Å². The second-order valence-corrected chi connectivity index (χ2v) is 5.79. The number of fused-ring (bicyclic) bond motifs is 1. The van der Waals surface area contributed by atoms with Crippen molar-refractivity contribution in [3.63, 3.8) is 0 Å². The Morgan fingerprint density at radius 1 is 1.04 bits per heavy atom. The topological polar surface area (TPSA) is 39.7 Å². The van der Waals surface area contributed by atoms with Crippen molar-refractivity contribution in [2.75, 3.05) is 44.2 Å². The Bertz CT molecular complexity index is 676. The maximum atomic E-state index is 12.4. The van der Waals surface area contributed by atoms with Gasteiger partial charge in [0.1, 0.15) is 5.82 Å². The summed E-state index contributed by atoms with van der Waals surface area (Å²) in [6.07, 6.45) is 0. The van der Waals surface area contributed by atoms with Gasteiger partial charge in [0.15, 0.2) is 0 Å². The third-order valence-electron chi connectivity index (χ3n) is 4.49. The largest absolute Gasteiger partial charge is 0.353 e. The minimum atomic E-state index is 0.154. The molecule has 0 aliphatic carbocycles. The molecule has 3 rings (SSSR count). The molecule has 0 N–H and O–H groups in total. The van der Waals surface area contributed by atoms with E-state index < -0.39 is 0 Å². The van der Waals surface area contributed by atoms with Crippen molar-refractivity contribution in [1.82, 2.24) is 14.8 Å². The monoisotopic (exact) mass is 312 g/mol. The first-order valence-electron chi connectivity index (χ1n) is 8.37. The standard InChI is InChI=1S/C18H24N4O/c1-3-20(4-2)18(23)22-13-11-21(12-14-22)17-10-9-15-7-5-6-8-16(15)19-17/h5-10H,3-4,11-14H2,1-2H3. The molecule has 2 amide bonds. The highest BCUT2D eigenvalue weighted by molar-refractivity contribution is 5.80. The van der Waals surface area contributed by atoms with Crippen LogP contribution in [0.4, 0.5) is 10.6 Å². The third-order valence-corrected chi connectivity index (χ3v) is 4.49. The van der Waals surface area contributed by atoms with Crippen LogP contribution in [0, 0.1) is 0 Å². The van der Waals surface area contributed by atoms with Crippen LogP contribution < -0.4 is 4.90 Å². The molecule has 0 atom stereocenters. The first-order valence-corrected chi connectivity index (χ1v) is 8.37. The molecular formula is C18H24N4O. The summed E-state index contributed by atoms with van der Waals surface area (Å²) in [5.74, 6) is 0.999. The number of para-hydroxylation sites is 1. The number of urea groups is 1. The fourth-order valence-electron chi connectivity index (χ4n) is 3.05. The lowest BCUT2D eigenvalue weighted by molar-refractivity contribution is 0.154. The lowest BCUT2D eigenvalue weighted by Crippen LogP contribution is -2.53. The summed E-state index contributed by atoms with van der Waals surface area (Å²) in [5.41, 5.74) is 1.02. The number of nitrogens with zero attached hydrogens (tertiary/aromatic N) is 4. The van der Waals surface area contributed by atoms with Crippen LogP contribution in [0.5, 0.6) is 0 Å². The fraction of sp³-hybridized carbons (Fsp3) is 0.444. The van der Waals surface area contributed by atoms with Gasteiger partial charge < -0.3 is 14.7 Å². The summed E-state index contributed by atoms with van der Waals surface area (Å²) in [7, 11) is 0. The van der Waals surface area contributed by atoms with Crippen LogP contribution in [0.15, 0.2) is 36.4 Å². The molecule has 2 heterocycles. The molecule has 23 heavy (non-hydrogen) atoms. The molecule has 1 aromatic carbocycles. The van der Waals surface area contributed by atoms with Gasteiger partial charge in [-0.25, -0.2) is 9.78 Å². The van der Waals surface area contributed by atoms with Crippen molar-refractivity contribution in [3.8, 4) is 0 Å². The molecule has 1 aromatic heterocycles. The number of carbonyl (C=O) groups excluding carboxylic acids is 1. The van der Waals surface area contributed by atoms with Gasteiger partial charge in [-0.3, -0.25) is 0 Å². The van der Waals surface area contributed by atoms with E-state index in [1.807, 2.05) is 41.8 Å². The third kappa shape index (κ3) is 3.23. The van der Waals surface area contributed by atoms with E-state index in [9.17, 15) is 4.79 Å². The molecule has 0 unspecified atom stereocenters. The second-order valence-electron chi connectivity index (χ2n) is 5.79. The Morgan fingerprint density at radius 2 is 1.74 bits per heavy atom. The van der Waals surface area contributed by atoms with Crippen LogP contribution in [0.25, 0.3) is 10.9 Å². The zero-order chi connectivity index (χ0) is 16.2. The number of hydrogen-bond acceptors (Lipinski definition) is 3. The van der Waals surface area contributed by atoms with E-state index >= 15 is 0 Å². The highest BCUT2D eigenvalue weighted by Crippen LogP contribution is 2.19. The minimum Gasteiger partial charge on any atom is -0.353 e. The Kier molecular flexibility index (Phi) is 4.65. The molecule has 0 bridgehead atoms. The summed E-state index contributed by atoms with van der Waals surface area (Å²) in [5, 5.41) is 1.16. The van der Waals surface area contributed by atoms with Gasteiger partial charge in [-0.1, -0.05) is 18.2 Å². The highest BCUT2D eigenvalue weighted by atomic mass is 16.2. The van der Waals surface area contributed by atoms with Crippen molar-refractivity contribution >= 4 is 22.8 Å². The number of amides is 2. The average Bonchev–Trinajstić information content (AvgIpc) is 2.62. The number of piperazine rings is 1. The van der Waals surface area contributed by atoms with Gasteiger partial charge in [-0.15, -0.1) is 0 Å². The number of carbonyl (C=O) groups is 1. The Labute approximate surface area is 137 Å². The SMILES string of the molecule is CCN(CC)C(=O)N1CCN(c2ccc3ccccc3n2)CC1. The van der Waals surface area contributed by atoms with Crippen LogP contribution in [-0.2, 0) is 0 Å². The maximum absolute atomic E-state index is 12.4. The number of pyridine rings is 1. The zero-order valence-electron chi connectivity index (χ0n) is 13.9. The normalized spacial score (nSPS) is 15.0. The molecule has 5 nitrogen and oxygen atoms in total. The predicted molar refractivity (Wildman–Crippen MR) is 93.8 cm³/mol. The predicted octanol–water partition coefficient (Wildman–Crippen LogP) is 2.82. The zero-order valence-corrected chi connectivity index (χ0v) is 13.9. The van der Waals surface area contributed by atoms with Crippen LogP contribution in [0.3, 0.4) is 0 Å². The van der Waals surface area contributed by atoms with Crippen molar-refractivity contribution < 1.29 is 4.79 Å². The number of aromatic nitrogens is 1. The van der Waals surface area contributed by atoms with E-state index in [0.29, 0.717) is 0 Å². The molecule has 1 aliphatic heterocycles. The van der Waals surface area contributed by atoms with Crippen LogP contribution >= 0.6 is 0 Å². The van der Waals surface area contributed by atoms with Gasteiger partial charge in [0.2, 0.25) is 0 Å². The Balaban J connectivity index is 1.67. The van der Waals surface area contributed by atoms with Gasteiger partial charge in [0, 0.05) is 44.7 Å². The van der Waals surface area contributed by atoms with Gasteiger partial charge in [-0.05, 0) is 32.0 Å². The van der Waals surface area contributed by atoms with E-state index in [0.717, 1.165) is 56.0 Å². The fourth-order valence-corrected chi connectivity index (χ4v) is 3.05. The first kappa shape index (κ1) is 15.6. The van der Waals surface area contributed by atoms with E-state index in [1.54, 1.807) is 0 Å². The highest BCUT2D eigenvalue weighted by Gasteiger charge is 2.24. The van der Waals surface area contributed by atoms with E-state index in [2.05, 4.69) is 23.1 Å². The van der Waals surface area contributed by atoms with E-state index in [1.165, 1.54) is 0 Å². The molecule has 0 spiro atoms. The van der Waals surface area contributed by atoms with Gasteiger partial charge >= 0.3 is 6.03 Å². The molecule has 1 fully saturated rings. The van der Waals surface area contributed by atoms with Crippen molar-refractivity contribution in [2.45, 2.75) is 13.8 Å².